The molecule has 0 aliphatic carbocycles. The second kappa shape index (κ2) is 9.92. The van der Waals surface area contributed by atoms with Crippen molar-refractivity contribution in [2.24, 2.45) is 0 Å². The number of rotatable bonds is 6. The van der Waals surface area contributed by atoms with Crippen LogP contribution in [-0.4, -0.2) is 80.4 Å². The van der Waals surface area contributed by atoms with Crippen molar-refractivity contribution in [3.8, 4) is 5.75 Å². The summed E-state index contributed by atoms with van der Waals surface area (Å²) < 4.78 is 34.4. The van der Waals surface area contributed by atoms with Crippen LogP contribution in [0.5, 0.6) is 5.75 Å². The molecule has 194 valence electrons. The molecule has 0 radical (unpaired) electrons. The van der Waals surface area contributed by atoms with Crippen LogP contribution in [0.15, 0.2) is 59.8 Å². The Hall–Kier alpha value is -3.21. The lowest BCUT2D eigenvalue weighted by molar-refractivity contribution is -0.118. The zero-order valence-corrected chi connectivity index (χ0v) is 21.5. The summed E-state index contributed by atoms with van der Waals surface area (Å²) >= 11 is 0. The van der Waals surface area contributed by atoms with E-state index in [1.54, 1.807) is 16.6 Å². The molecule has 3 aliphatic heterocycles. The molecule has 0 spiro atoms. The third-order valence-corrected chi connectivity index (χ3v) is 9.46. The number of sulfonamides is 1. The average molecular weight is 522 g/mol. The predicted molar refractivity (Wildman–Crippen MR) is 142 cm³/mol. The largest absolute Gasteiger partial charge is 0.479 e. The summed E-state index contributed by atoms with van der Waals surface area (Å²) in [6, 6.07) is 15.2. The summed E-state index contributed by atoms with van der Waals surface area (Å²) in [5.74, 6) is 0.610. The highest BCUT2D eigenvalue weighted by Gasteiger charge is 2.36. The summed E-state index contributed by atoms with van der Waals surface area (Å²) in [6.45, 7) is 4.92. The molecule has 1 unspecified atom stereocenters. The van der Waals surface area contributed by atoms with Crippen molar-refractivity contribution in [1.29, 1.82) is 0 Å². The van der Waals surface area contributed by atoms with Gasteiger partial charge in [0.15, 0.2) is 17.4 Å². The maximum atomic E-state index is 13.5. The predicted octanol–water partition coefficient (Wildman–Crippen LogP) is 2.93. The molecule has 0 saturated carbocycles. The fourth-order valence-corrected chi connectivity index (χ4v) is 7.31. The average Bonchev–Trinajstić information content (AvgIpc) is 3.41. The first kappa shape index (κ1) is 24.1. The number of piperazine rings is 1. The molecule has 3 aliphatic rings. The molecule has 2 saturated heterocycles. The number of carbonyl (C=O) groups excluding carboxylic acids is 1. The Morgan fingerprint density at radius 2 is 1.81 bits per heavy atom. The van der Waals surface area contributed by atoms with E-state index in [4.69, 9.17) is 4.74 Å². The van der Waals surface area contributed by atoms with Crippen LogP contribution < -0.4 is 15.0 Å². The molecule has 6 rings (SSSR count). The van der Waals surface area contributed by atoms with Crippen molar-refractivity contribution >= 4 is 38.1 Å². The smallest absolute Gasteiger partial charge is 0.262 e. The van der Waals surface area contributed by atoms with Gasteiger partial charge in [-0.25, -0.2) is 13.4 Å². The molecule has 1 N–H and O–H groups in total. The van der Waals surface area contributed by atoms with Gasteiger partial charge in [0.25, 0.3) is 15.9 Å². The number of amides is 1. The number of hydrogen-bond acceptors (Lipinski definition) is 7. The van der Waals surface area contributed by atoms with E-state index in [2.05, 4.69) is 20.1 Å². The van der Waals surface area contributed by atoms with E-state index >= 15 is 0 Å². The van der Waals surface area contributed by atoms with Crippen molar-refractivity contribution in [1.82, 2.24) is 14.2 Å². The first-order chi connectivity index (χ1) is 18.0. The Labute approximate surface area is 217 Å². The minimum absolute atomic E-state index is 0.00514. The van der Waals surface area contributed by atoms with Crippen molar-refractivity contribution < 1.29 is 17.9 Å². The van der Waals surface area contributed by atoms with Gasteiger partial charge < -0.3 is 15.0 Å². The number of fused-ring (bicyclic) bond motifs is 2. The second-order valence-corrected chi connectivity index (χ2v) is 11.7. The Bertz CT molecular complexity index is 1420. The Morgan fingerprint density at radius 3 is 2.65 bits per heavy atom. The SMILES string of the molecule is O=C1COc2c(cccc2N2CCN(CCC3CCCN3S(=O)(=O)c3cc4ccccc4cn3)CC2)N1. The van der Waals surface area contributed by atoms with Gasteiger partial charge in [-0.05, 0) is 49.4 Å². The van der Waals surface area contributed by atoms with E-state index in [-0.39, 0.29) is 23.6 Å². The van der Waals surface area contributed by atoms with Crippen molar-refractivity contribution in [3.63, 3.8) is 0 Å². The first-order valence-electron chi connectivity index (χ1n) is 12.9. The maximum absolute atomic E-state index is 13.5. The van der Waals surface area contributed by atoms with Gasteiger partial charge in [-0.1, -0.05) is 30.3 Å². The van der Waals surface area contributed by atoms with Gasteiger partial charge in [-0.3, -0.25) is 9.69 Å². The van der Waals surface area contributed by atoms with E-state index in [0.29, 0.717) is 6.54 Å². The highest BCUT2D eigenvalue weighted by atomic mass is 32.2. The number of hydrogen-bond donors (Lipinski definition) is 1. The van der Waals surface area contributed by atoms with Crippen LogP contribution >= 0.6 is 0 Å². The van der Waals surface area contributed by atoms with E-state index < -0.39 is 10.0 Å². The van der Waals surface area contributed by atoms with Crippen molar-refractivity contribution in [3.05, 3.63) is 54.7 Å². The number of anilines is 2. The van der Waals surface area contributed by atoms with Crippen molar-refractivity contribution in [2.45, 2.75) is 30.3 Å². The molecule has 1 amide bonds. The third-order valence-electron chi connectivity index (χ3n) is 7.61. The second-order valence-electron chi connectivity index (χ2n) is 9.89. The zero-order chi connectivity index (χ0) is 25.4. The maximum Gasteiger partial charge on any atom is 0.262 e. The number of ether oxygens (including phenoxy) is 1. The number of benzene rings is 2. The van der Waals surface area contributed by atoms with Gasteiger partial charge in [-0.2, -0.15) is 4.31 Å². The van der Waals surface area contributed by atoms with E-state index in [1.807, 2.05) is 42.5 Å². The van der Waals surface area contributed by atoms with E-state index in [1.165, 1.54) is 0 Å². The monoisotopic (exact) mass is 521 g/mol. The molecular weight excluding hydrogens is 490 g/mol. The Kier molecular flexibility index (Phi) is 6.48. The number of para-hydroxylation sites is 1. The van der Waals surface area contributed by atoms with Crippen LogP contribution in [0.1, 0.15) is 19.3 Å². The van der Waals surface area contributed by atoms with Gasteiger partial charge >= 0.3 is 0 Å². The fraction of sp³-hybridized carbons (Fsp3) is 0.407. The van der Waals surface area contributed by atoms with Crippen LogP contribution in [-0.2, 0) is 14.8 Å². The molecule has 4 heterocycles. The number of nitrogens with zero attached hydrogens (tertiary/aromatic N) is 4. The quantitative estimate of drug-likeness (QED) is 0.533. The minimum atomic E-state index is -3.64. The van der Waals surface area contributed by atoms with E-state index in [9.17, 15) is 13.2 Å². The molecule has 2 aromatic carbocycles. The molecule has 10 heteroatoms. The molecular formula is C27H31N5O4S. The summed E-state index contributed by atoms with van der Waals surface area (Å²) in [5, 5.41) is 4.83. The lowest BCUT2D eigenvalue weighted by Crippen LogP contribution is -2.48. The van der Waals surface area contributed by atoms with Gasteiger partial charge in [-0.15, -0.1) is 0 Å². The van der Waals surface area contributed by atoms with Gasteiger partial charge in [0.1, 0.15) is 0 Å². The Balaban J connectivity index is 1.07. The topological polar surface area (TPSA) is 95.1 Å². The first-order valence-corrected chi connectivity index (χ1v) is 14.3. The van der Waals surface area contributed by atoms with Crippen LogP contribution in [0.2, 0.25) is 0 Å². The Morgan fingerprint density at radius 1 is 1.00 bits per heavy atom. The number of nitrogens with one attached hydrogen (secondary N) is 1. The number of pyridine rings is 1. The summed E-state index contributed by atoms with van der Waals surface area (Å²) in [7, 11) is -3.64. The molecule has 0 bridgehead atoms. The normalized spacial score (nSPS) is 21.0. The molecule has 9 nitrogen and oxygen atoms in total. The van der Waals surface area contributed by atoms with E-state index in [0.717, 1.165) is 79.9 Å². The third kappa shape index (κ3) is 4.76. The van der Waals surface area contributed by atoms with Crippen LogP contribution in [0.4, 0.5) is 11.4 Å². The van der Waals surface area contributed by atoms with Crippen LogP contribution in [0.3, 0.4) is 0 Å². The molecule has 2 fully saturated rings. The lowest BCUT2D eigenvalue weighted by Gasteiger charge is -2.38. The van der Waals surface area contributed by atoms with Gasteiger partial charge in [0, 0.05) is 50.3 Å². The van der Waals surface area contributed by atoms with Gasteiger partial charge in [0.2, 0.25) is 0 Å². The highest BCUT2D eigenvalue weighted by molar-refractivity contribution is 7.89. The molecule has 37 heavy (non-hydrogen) atoms. The standard InChI is InChI=1S/C27H31N5O4S/c33-25-19-36-27-23(29-25)8-3-9-24(27)31-15-13-30(14-16-31)12-10-22-7-4-11-32(22)37(34,35)26-17-20-5-1-2-6-21(20)18-28-26/h1-3,5-6,8-9,17-18,22H,4,7,10-16,19H2,(H,29,33). The van der Waals surface area contributed by atoms with Crippen LogP contribution in [0, 0.1) is 0 Å². The fourth-order valence-electron chi connectivity index (χ4n) is 5.63. The molecule has 1 atom stereocenters. The summed E-state index contributed by atoms with van der Waals surface area (Å²) in [4.78, 5) is 20.7. The minimum Gasteiger partial charge on any atom is -0.479 e. The molecule has 1 aromatic heterocycles. The van der Waals surface area contributed by atoms with Crippen molar-refractivity contribution in [2.75, 3.05) is 56.1 Å². The van der Waals surface area contributed by atoms with Gasteiger partial charge in [0.05, 0.1) is 11.4 Å². The number of carbonyl (C=O) groups is 1. The number of aromatic nitrogens is 1. The zero-order valence-electron chi connectivity index (χ0n) is 20.7. The van der Waals surface area contributed by atoms with Crippen LogP contribution in [0.25, 0.3) is 10.8 Å². The summed E-state index contributed by atoms with van der Waals surface area (Å²) in [5.41, 5.74) is 1.73. The lowest BCUT2D eigenvalue weighted by atomic mass is 10.1. The summed E-state index contributed by atoms with van der Waals surface area (Å²) in [6.07, 6.45) is 4.21. The highest BCUT2D eigenvalue weighted by Crippen LogP contribution is 2.38. The molecule has 3 aromatic rings.